The lowest BCUT2D eigenvalue weighted by molar-refractivity contribution is -0.118. The Hall–Kier alpha value is -1.95. The molecule has 0 unspecified atom stereocenters. The van der Waals surface area contributed by atoms with Gasteiger partial charge in [-0.15, -0.1) is 0 Å². The summed E-state index contributed by atoms with van der Waals surface area (Å²) in [5.74, 6) is -0.285. The highest BCUT2D eigenvalue weighted by Crippen LogP contribution is 2.12. The van der Waals surface area contributed by atoms with Crippen LogP contribution in [-0.2, 0) is 4.79 Å². The first kappa shape index (κ1) is 12.1. The average molecular weight is 237 g/mol. The molecule has 0 heterocycles. The van der Waals surface area contributed by atoms with Crippen LogP contribution in [0.15, 0.2) is 24.3 Å². The molecule has 0 aliphatic heterocycles. The number of nitrogens with two attached hydrogens (primary N) is 1. The highest BCUT2D eigenvalue weighted by Gasteiger charge is 2.10. The molecule has 6 heteroatoms. The van der Waals surface area contributed by atoms with Crippen molar-refractivity contribution in [3.8, 4) is 0 Å². The van der Waals surface area contributed by atoms with E-state index in [2.05, 4.69) is 5.43 Å². The number of hydrogen-bond donors (Lipinski definition) is 2. The van der Waals surface area contributed by atoms with Crippen molar-refractivity contribution in [2.45, 2.75) is 6.92 Å². The van der Waals surface area contributed by atoms with E-state index in [0.717, 1.165) is 6.29 Å². The third kappa shape index (κ3) is 3.03. The lowest BCUT2D eigenvalue weighted by atomic mass is 10.2. The zero-order valence-corrected chi connectivity index (χ0v) is 9.45. The second-order valence-corrected chi connectivity index (χ2v) is 3.47. The molecule has 1 aromatic rings. The van der Waals surface area contributed by atoms with Crippen molar-refractivity contribution < 1.29 is 9.59 Å². The summed E-state index contributed by atoms with van der Waals surface area (Å²) in [5.41, 5.74) is 9.06. The van der Waals surface area contributed by atoms with Crippen LogP contribution in [0.4, 0.5) is 5.69 Å². The summed E-state index contributed by atoms with van der Waals surface area (Å²) in [7, 11) is 0. The van der Waals surface area contributed by atoms with E-state index in [1.54, 1.807) is 24.3 Å². The summed E-state index contributed by atoms with van der Waals surface area (Å²) in [6.07, 6.45) is 0.729. The van der Waals surface area contributed by atoms with E-state index in [1.807, 2.05) is 0 Å². The van der Waals surface area contributed by atoms with Crippen LogP contribution < -0.4 is 16.2 Å². The molecule has 16 heavy (non-hydrogen) atoms. The number of hydrazine groups is 1. The number of nitrogens with zero attached hydrogens (tertiary/aromatic N) is 1. The Bertz CT molecular complexity index is 417. The van der Waals surface area contributed by atoms with Gasteiger partial charge in [0.15, 0.2) is 5.11 Å². The molecule has 0 bridgehead atoms. The van der Waals surface area contributed by atoms with Crippen LogP contribution in [0, 0.1) is 0 Å². The van der Waals surface area contributed by atoms with E-state index in [4.69, 9.17) is 18.0 Å². The SMILES string of the molecule is CC(=O)NN(C(N)=S)c1ccc(C=O)cc1. The molecule has 1 aromatic carbocycles. The lowest BCUT2D eigenvalue weighted by Crippen LogP contribution is -2.48. The summed E-state index contributed by atoms with van der Waals surface area (Å²) in [6, 6.07) is 6.49. The molecule has 1 rings (SSSR count). The summed E-state index contributed by atoms with van der Waals surface area (Å²) in [5, 5.41) is 1.29. The summed E-state index contributed by atoms with van der Waals surface area (Å²) >= 11 is 4.80. The van der Waals surface area contributed by atoms with Crippen molar-refractivity contribution in [1.82, 2.24) is 5.43 Å². The molecule has 0 atom stereocenters. The van der Waals surface area contributed by atoms with Gasteiger partial charge in [0, 0.05) is 12.5 Å². The Morgan fingerprint density at radius 3 is 2.38 bits per heavy atom. The van der Waals surface area contributed by atoms with E-state index in [0.29, 0.717) is 11.3 Å². The number of carbonyl (C=O) groups excluding carboxylic acids is 2. The van der Waals surface area contributed by atoms with Crippen LogP contribution in [0.2, 0.25) is 0 Å². The van der Waals surface area contributed by atoms with Crippen molar-refractivity contribution in [2.75, 3.05) is 5.01 Å². The Balaban J connectivity index is 2.96. The van der Waals surface area contributed by atoms with Gasteiger partial charge in [-0.2, -0.15) is 0 Å². The van der Waals surface area contributed by atoms with Crippen molar-refractivity contribution in [1.29, 1.82) is 0 Å². The predicted octanol–water partition coefficient (Wildman–Crippen LogP) is 0.600. The summed E-state index contributed by atoms with van der Waals surface area (Å²) in [6.45, 7) is 1.35. The fraction of sp³-hybridized carbons (Fsp3) is 0.100. The number of carbonyl (C=O) groups is 2. The van der Waals surface area contributed by atoms with Gasteiger partial charge in [0.2, 0.25) is 5.91 Å². The number of rotatable bonds is 2. The number of anilines is 1. The average Bonchev–Trinajstić information content (AvgIpc) is 2.25. The topological polar surface area (TPSA) is 75.4 Å². The highest BCUT2D eigenvalue weighted by atomic mass is 32.1. The molecule has 0 fully saturated rings. The first-order valence-electron chi connectivity index (χ1n) is 4.46. The first-order chi connectivity index (χ1) is 7.54. The number of aldehydes is 1. The first-order valence-corrected chi connectivity index (χ1v) is 4.87. The number of thiocarbonyl (C=S) groups is 1. The third-order valence-corrected chi connectivity index (χ3v) is 1.96. The standard InChI is InChI=1S/C10H11N3O2S/c1-7(15)12-13(10(11)16)9-4-2-8(6-14)3-5-9/h2-6H,1H3,(H2,11,16)(H,12,15). The van der Waals surface area contributed by atoms with Gasteiger partial charge in [0.1, 0.15) is 6.29 Å². The van der Waals surface area contributed by atoms with Gasteiger partial charge in [0.25, 0.3) is 0 Å². The van der Waals surface area contributed by atoms with Gasteiger partial charge in [-0.3, -0.25) is 15.0 Å². The number of nitrogens with one attached hydrogen (secondary N) is 1. The molecule has 0 radical (unpaired) electrons. The molecule has 0 spiro atoms. The Morgan fingerprint density at radius 1 is 1.44 bits per heavy atom. The summed E-state index contributed by atoms with van der Waals surface area (Å²) in [4.78, 5) is 21.4. The molecule has 0 saturated carbocycles. The van der Waals surface area contributed by atoms with Gasteiger partial charge in [-0.1, -0.05) is 0 Å². The molecule has 5 nitrogen and oxygen atoms in total. The van der Waals surface area contributed by atoms with Gasteiger partial charge >= 0.3 is 0 Å². The molecule has 1 amide bonds. The number of amides is 1. The van der Waals surface area contributed by atoms with Gasteiger partial charge in [-0.25, -0.2) is 5.01 Å². The van der Waals surface area contributed by atoms with E-state index in [-0.39, 0.29) is 11.0 Å². The van der Waals surface area contributed by atoms with Crippen LogP contribution in [0.25, 0.3) is 0 Å². The van der Waals surface area contributed by atoms with Gasteiger partial charge < -0.3 is 5.73 Å². The maximum Gasteiger partial charge on any atom is 0.235 e. The lowest BCUT2D eigenvalue weighted by Gasteiger charge is -2.22. The van der Waals surface area contributed by atoms with E-state index >= 15 is 0 Å². The largest absolute Gasteiger partial charge is 0.374 e. The molecule has 0 aliphatic rings. The zero-order valence-electron chi connectivity index (χ0n) is 8.64. The predicted molar refractivity (Wildman–Crippen MR) is 64.9 cm³/mol. The fourth-order valence-electron chi connectivity index (χ4n) is 1.11. The van der Waals surface area contributed by atoms with Crippen LogP contribution in [-0.4, -0.2) is 17.3 Å². The molecule has 0 aromatic heterocycles. The zero-order chi connectivity index (χ0) is 12.1. The van der Waals surface area contributed by atoms with Crippen molar-refractivity contribution in [2.24, 2.45) is 5.73 Å². The number of benzene rings is 1. The molecular formula is C10H11N3O2S. The second-order valence-electron chi connectivity index (χ2n) is 3.05. The monoisotopic (exact) mass is 237 g/mol. The van der Waals surface area contributed by atoms with E-state index in [9.17, 15) is 9.59 Å². The minimum Gasteiger partial charge on any atom is -0.374 e. The van der Waals surface area contributed by atoms with Crippen LogP contribution in [0.3, 0.4) is 0 Å². The van der Waals surface area contributed by atoms with Gasteiger partial charge in [-0.05, 0) is 36.5 Å². The molecule has 0 aliphatic carbocycles. The Morgan fingerprint density at radius 2 is 2.00 bits per heavy atom. The normalized spacial score (nSPS) is 9.31. The molecule has 84 valence electrons. The third-order valence-electron chi connectivity index (χ3n) is 1.78. The van der Waals surface area contributed by atoms with Crippen LogP contribution in [0.5, 0.6) is 0 Å². The highest BCUT2D eigenvalue weighted by molar-refractivity contribution is 7.80. The smallest absolute Gasteiger partial charge is 0.235 e. The Labute approximate surface area is 98.2 Å². The maximum atomic E-state index is 10.9. The van der Waals surface area contributed by atoms with E-state index < -0.39 is 0 Å². The summed E-state index contributed by atoms with van der Waals surface area (Å²) < 4.78 is 0. The fourth-order valence-corrected chi connectivity index (χ4v) is 1.26. The van der Waals surface area contributed by atoms with Gasteiger partial charge in [0.05, 0.1) is 5.69 Å². The molecule has 3 N–H and O–H groups in total. The maximum absolute atomic E-state index is 10.9. The van der Waals surface area contributed by atoms with Crippen molar-refractivity contribution in [3.05, 3.63) is 29.8 Å². The minimum absolute atomic E-state index is 0.0223. The van der Waals surface area contributed by atoms with Crippen LogP contribution >= 0.6 is 12.2 Å². The molecular weight excluding hydrogens is 226 g/mol. The van der Waals surface area contributed by atoms with Crippen molar-refractivity contribution >= 4 is 35.2 Å². The Kier molecular flexibility index (Phi) is 3.96. The van der Waals surface area contributed by atoms with Crippen LogP contribution in [0.1, 0.15) is 17.3 Å². The second kappa shape index (κ2) is 5.22. The van der Waals surface area contributed by atoms with Crippen molar-refractivity contribution in [3.63, 3.8) is 0 Å². The number of hydrogen-bond acceptors (Lipinski definition) is 3. The quantitative estimate of drug-likeness (QED) is 0.447. The molecule has 0 saturated heterocycles. The minimum atomic E-state index is -0.285. The van der Waals surface area contributed by atoms with E-state index in [1.165, 1.54) is 11.9 Å².